The van der Waals surface area contributed by atoms with Crippen LogP contribution in [-0.4, -0.2) is 6.54 Å². The number of rotatable bonds is 4. The second kappa shape index (κ2) is 6.57. The molecule has 0 aliphatic carbocycles. The van der Waals surface area contributed by atoms with E-state index in [0.717, 1.165) is 20.8 Å². The summed E-state index contributed by atoms with van der Waals surface area (Å²) >= 11 is 16.0. The average molecular weight is 412 g/mol. The third-order valence-corrected chi connectivity index (χ3v) is 4.84. The second-order valence-corrected chi connectivity index (χ2v) is 7.35. The number of benzene rings is 1. The SMILES string of the molecule is CCNC(c1ccc(I)cc1)c1cc(Cl)sc1Cl. The highest BCUT2D eigenvalue weighted by molar-refractivity contribution is 14.1. The van der Waals surface area contributed by atoms with E-state index in [9.17, 15) is 0 Å². The van der Waals surface area contributed by atoms with Crippen LogP contribution in [0, 0.1) is 3.57 Å². The van der Waals surface area contributed by atoms with Crippen molar-refractivity contribution in [3.63, 3.8) is 0 Å². The van der Waals surface area contributed by atoms with E-state index >= 15 is 0 Å². The lowest BCUT2D eigenvalue weighted by Crippen LogP contribution is -2.21. The maximum atomic E-state index is 6.25. The number of hydrogen-bond donors (Lipinski definition) is 1. The van der Waals surface area contributed by atoms with Crippen molar-refractivity contribution in [2.45, 2.75) is 13.0 Å². The van der Waals surface area contributed by atoms with Gasteiger partial charge in [0.1, 0.15) is 0 Å². The fourth-order valence-corrected chi connectivity index (χ4v) is 3.71. The van der Waals surface area contributed by atoms with Gasteiger partial charge in [-0.2, -0.15) is 0 Å². The summed E-state index contributed by atoms with van der Waals surface area (Å²) in [6, 6.07) is 10.5. The van der Waals surface area contributed by atoms with Crippen molar-refractivity contribution in [1.29, 1.82) is 0 Å². The van der Waals surface area contributed by atoms with E-state index in [1.54, 1.807) is 0 Å². The Hall–Kier alpha value is 0.190. The molecule has 1 atom stereocenters. The summed E-state index contributed by atoms with van der Waals surface area (Å²) in [7, 11) is 0. The normalized spacial score (nSPS) is 12.7. The zero-order valence-electron chi connectivity index (χ0n) is 9.71. The summed E-state index contributed by atoms with van der Waals surface area (Å²) in [5, 5.41) is 3.45. The van der Waals surface area contributed by atoms with Crippen LogP contribution in [0.4, 0.5) is 0 Å². The lowest BCUT2D eigenvalue weighted by molar-refractivity contribution is 0.632. The van der Waals surface area contributed by atoms with E-state index in [0.29, 0.717) is 0 Å². The highest BCUT2D eigenvalue weighted by Crippen LogP contribution is 2.37. The summed E-state index contributed by atoms with van der Waals surface area (Å²) in [4.78, 5) is 0. The van der Waals surface area contributed by atoms with Gasteiger partial charge in [0.05, 0.1) is 14.7 Å². The molecule has 1 unspecified atom stereocenters. The molecule has 96 valence electrons. The Balaban J connectivity index is 2.39. The van der Waals surface area contributed by atoms with Crippen LogP contribution in [0.25, 0.3) is 0 Å². The molecule has 2 aromatic rings. The smallest absolute Gasteiger partial charge is 0.0995 e. The van der Waals surface area contributed by atoms with Crippen molar-refractivity contribution in [2.24, 2.45) is 0 Å². The third kappa shape index (κ3) is 3.39. The number of halogens is 3. The van der Waals surface area contributed by atoms with Crippen LogP contribution in [0.2, 0.25) is 8.67 Å². The summed E-state index contributed by atoms with van der Waals surface area (Å²) in [5.41, 5.74) is 2.25. The van der Waals surface area contributed by atoms with Crippen molar-refractivity contribution in [3.05, 3.63) is 53.7 Å². The molecule has 1 heterocycles. The molecule has 1 N–H and O–H groups in total. The maximum absolute atomic E-state index is 6.25. The highest BCUT2D eigenvalue weighted by atomic mass is 127. The topological polar surface area (TPSA) is 12.0 Å². The van der Waals surface area contributed by atoms with Gasteiger partial charge in [0.15, 0.2) is 0 Å². The van der Waals surface area contributed by atoms with Gasteiger partial charge in [0.25, 0.3) is 0 Å². The van der Waals surface area contributed by atoms with Gasteiger partial charge in [-0.05, 0) is 52.9 Å². The van der Waals surface area contributed by atoms with E-state index < -0.39 is 0 Å². The van der Waals surface area contributed by atoms with Crippen LogP contribution in [-0.2, 0) is 0 Å². The minimum absolute atomic E-state index is 0.100. The predicted octanol–water partition coefficient (Wildman–Crippen LogP) is 5.36. The molecule has 0 radical (unpaired) electrons. The van der Waals surface area contributed by atoms with Gasteiger partial charge >= 0.3 is 0 Å². The molecule has 0 bridgehead atoms. The van der Waals surface area contributed by atoms with E-state index in [1.807, 2.05) is 6.07 Å². The molecule has 0 saturated carbocycles. The molecule has 0 saturated heterocycles. The average Bonchev–Trinajstić information content (AvgIpc) is 2.67. The van der Waals surface area contributed by atoms with E-state index in [4.69, 9.17) is 23.2 Å². The van der Waals surface area contributed by atoms with Crippen LogP contribution in [0.5, 0.6) is 0 Å². The van der Waals surface area contributed by atoms with Crippen molar-refractivity contribution in [3.8, 4) is 0 Å². The molecule has 1 aromatic heterocycles. The van der Waals surface area contributed by atoms with Gasteiger partial charge in [0, 0.05) is 9.13 Å². The van der Waals surface area contributed by atoms with Crippen molar-refractivity contribution < 1.29 is 0 Å². The molecule has 0 amide bonds. The molecule has 5 heteroatoms. The summed E-state index contributed by atoms with van der Waals surface area (Å²) < 4.78 is 2.70. The van der Waals surface area contributed by atoms with Gasteiger partial charge < -0.3 is 5.32 Å². The minimum atomic E-state index is 0.100. The van der Waals surface area contributed by atoms with E-state index in [-0.39, 0.29) is 6.04 Å². The lowest BCUT2D eigenvalue weighted by atomic mass is 10.0. The fraction of sp³-hybridized carbons (Fsp3) is 0.231. The number of thiophene rings is 1. The highest BCUT2D eigenvalue weighted by Gasteiger charge is 2.18. The van der Waals surface area contributed by atoms with E-state index in [2.05, 4.69) is 59.1 Å². The molecule has 0 spiro atoms. The first-order valence-corrected chi connectivity index (χ1v) is 8.20. The van der Waals surface area contributed by atoms with Crippen LogP contribution >= 0.6 is 57.1 Å². The maximum Gasteiger partial charge on any atom is 0.0995 e. The van der Waals surface area contributed by atoms with Gasteiger partial charge in [0.2, 0.25) is 0 Å². The molecule has 0 aliphatic heterocycles. The largest absolute Gasteiger partial charge is 0.306 e. The monoisotopic (exact) mass is 411 g/mol. The van der Waals surface area contributed by atoms with Crippen LogP contribution < -0.4 is 5.32 Å². The zero-order valence-corrected chi connectivity index (χ0v) is 14.2. The molecule has 2 rings (SSSR count). The van der Waals surface area contributed by atoms with Gasteiger partial charge in [-0.1, -0.05) is 42.3 Å². The Bertz CT molecular complexity index is 524. The Morgan fingerprint density at radius 3 is 2.44 bits per heavy atom. The summed E-state index contributed by atoms with van der Waals surface area (Å²) in [6.45, 7) is 2.96. The van der Waals surface area contributed by atoms with Crippen molar-refractivity contribution in [2.75, 3.05) is 6.54 Å². The van der Waals surface area contributed by atoms with Gasteiger partial charge in [-0.3, -0.25) is 0 Å². The van der Waals surface area contributed by atoms with Gasteiger partial charge in [-0.25, -0.2) is 0 Å². The molecule has 18 heavy (non-hydrogen) atoms. The Kier molecular flexibility index (Phi) is 5.33. The summed E-state index contributed by atoms with van der Waals surface area (Å²) in [5.74, 6) is 0. The quantitative estimate of drug-likeness (QED) is 0.668. The number of nitrogens with one attached hydrogen (secondary N) is 1. The Labute approximate surface area is 135 Å². The number of hydrogen-bond acceptors (Lipinski definition) is 2. The predicted molar refractivity (Wildman–Crippen MR) is 89.0 cm³/mol. The zero-order chi connectivity index (χ0) is 13.1. The lowest BCUT2D eigenvalue weighted by Gasteiger charge is -2.18. The Morgan fingerprint density at radius 1 is 1.28 bits per heavy atom. The third-order valence-electron chi connectivity index (χ3n) is 2.61. The Morgan fingerprint density at radius 2 is 1.94 bits per heavy atom. The fourth-order valence-electron chi connectivity index (χ4n) is 1.82. The second-order valence-electron chi connectivity index (χ2n) is 3.82. The van der Waals surface area contributed by atoms with Crippen LogP contribution in [0.1, 0.15) is 24.1 Å². The van der Waals surface area contributed by atoms with Crippen LogP contribution in [0.3, 0.4) is 0 Å². The first-order valence-electron chi connectivity index (χ1n) is 5.55. The standard InChI is InChI=1S/C13H12Cl2INS/c1-2-17-12(8-3-5-9(16)6-4-8)10-7-11(14)18-13(10)15/h3-7,12,17H,2H2,1H3. The molecular weight excluding hydrogens is 400 g/mol. The minimum Gasteiger partial charge on any atom is -0.306 e. The van der Waals surface area contributed by atoms with Crippen molar-refractivity contribution in [1.82, 2.24) is 5.32 Å². The van der Waals surface area contributed by atoms with E-state index in [1.165, 1.54) is 20.5 Å². The summed E-state index contributed by atoms with van der Waals surface area (Å²) in [6.07, 6.45) is 0. The van der Waals surface area contributed by atoms with Crippen molar-refractivity contribution >= 4 is 57.1 Å². The molecule has 0 aliphatic rings. The molecule has 0 fully saturated rings. The first-order chi connectivity index (χ1) is 8.61. The molecular formula is C13H12Cl2INS. The van der Waals surface area contributed by atoms with Gasteiger partial charge in [-0.15, -0.1) is 11.3 Å². The molecule has 1 nitrogen and oxygen atoms in total. The first kappa shape index (κ1) is 14.6. The molecule has 1 aromatic carbocycles. The van der Waals surface area contributed by atoms with Crippen LogP contribution in [0.15, 0.2) is 30.3 Å².